The normalized spacial score (nSPS) is 12.5. The lowest BCUT2D eigenvalue weighted by molar-refractivity contribution is 0.168. The highest BCUT2D eigenvalue weighted by Gasteiger charge is 2.21. The molecule has 2 aromatic heterocycles. The first kappa shape index (κ1) is 15.6. The van der Waals surface area contributed by atoms with Crippen molar-refractivity contribution in [1.29, 1.82) is 0 Å². The molecule has 1 aromatic carbocycles. The van der Waals surface area contributed by atoms with Crippen LogP contribution in [-0.4, -0.2) is 21.1 Å². The number of para-hydroxylation sites is 1. The van der Waals surface area contributed by atoms with Crippen LogP contribution in [0.5, 0.6) is 5.75 Å². The van der Waals surface area contributed by atoms with Gasteiger partial charge < -0.3 is 14.2 Å². The van der Waals surface area contributed by atoms with E-state index in [9.17, 15) is 5.11 Å². The van der Waals surface area contributed by atoms with Crippen molar-refractivity contribution in [3.05, 3.63) is 53.9 Å². The molecule has 1 unspecified atom stereocenters. The number of imidazole rings is 1. The molecule has 4 heteroatoms. The second kappa shape index (κ2) is 6.42. The van der Waals surface area contributed by atoms with Crippen molar-refractivity contribution in [3.8, 4) is 17.0 Å². The molecule has 3 rings (SSSR count). The number of aliphatic hydroxyl groups is 1. The lowest BCUT2D eigenvalue weighted by Gasteiger charge is -2.13. The van der Waals surface area contributed by atoms with Crippen LogP contribution >= 0.6 is 0 Å². The van der Waals surface area contributed by atoms with Crippen LogP contribution < -0.4 is 4.74 Å². The summed E-state index contributed by atoms with van der Waals surface area (Å²) in [6, 6.07) is 11.9. The largest absolute Gasteiger partial charge is 0.493 e. The fraction of sp³-hybridized carbons (Fsp3) is 0.316. The van der Waals surface area contributed by atoms with Gasteiger partial charge in [-0.05, 0) is 44.0 Å². The third-order valence-electron chi connectivity index (χ3n) is 3.95. The third kappa shape index (κ3) is 2.82. The molecule has 3 aromatic rings. The molecule has 0 aliphatic heterocycles. The molecule has 1 N–H and O–H groups in total. The van der Waals surface area contributed by atoms with E-state index in [2.05, 4.69) is 0 Å². The molecule has 0 aliphatic rings. The molecule has 0 aliphatic carbocycles. The number of aryl methyl sites for hydroxylation is 1. The summed E-state index contributed by atoms with van der Waals surface area (Å²) in [5.74, 6) is 0.791. The molecule has 0 radical (unpaired) electrons. The van der Waals surface area contributed by atoms with E-state index in [1.54, 1.807) is 0 Å². The van der Waals surface area contributed by atoms with Crippen LogP contribution in [0.1, 0.15) is 37.6 Å². The number of aliphatic hydroxyl groups excluding tert-OH is 1. The Morgan fingerprint density at radius 2 is 1.96 bits per heavy atom. The molecular weight excluding hydrogens is 288 g/mol. The average molecular weight is 310 g/mol. The van der Waals surface area contributed by atoms with Crippen LogP contribution in [0, 0.1) is 6.92 Å². The molecule has 0 saturated heterocycles. The maximum atomic E-state index is 10.6. The number of pyridine rings is 1. The number of benzene rings is 1. The van der Waals surface area contributed by atoms with Gasteiger partial charge in [-0.1, -0.05) is 25.1 Å². The predicted octanol–water partition coefficient (Wildman–Crippen LogP) is 4.15. The van der Waals surface area contributed by atoms with Crippen LogP contribution in [0.4, 0.5) is 0 Å². The van der Waals surface area contributed by atoms with Crippen LogP contribution in [0.2, 0.25) is 0 Å². The maximum Gasteiger partial charge on any atom is 0.137 e. The molecular formula is C19H22N2O2. The summed E-state index contributed by atoms with van der Waals surface area (Å²) in [5, 5.41) is 10.6. The minimum Gasteiger partial charge on any atom is -0.493 e. The van der Waals surface area contributed by atoms with E-state index in [4.69, 9.17) is 9.72 Å². The van der Waals surface area contributed by atoms with E-state index in [-0.39, 0.29) is 0 Å². The van der Waals surface area contributed by atoms with E-state index >= 15 is 0 Å². The minimum atomic E-state index is -0.573. The summed E-state index contributed by atoms with van der Waals surface area (Å²) in [6.07, 6.45) is 2.07. The topological polar surface area (TPSA) is 46.8 Å². The smallest absolute Gasteiger partial charge is 0.137 e. The van der Waals surface area contributed by atoms with Gasteiger partial charge in [-0.15, -0.1) is 0 Å². The zero-order chi connectivity index (χ0) is 16.4. The highest BCUT2D eigenvalue weighted by molar-refractivity contribution is 5.72. The number of aromatic nitrogens is 2. The van der Waals surface area contributed by atoms with Crippen molar-refractivity contribution in [1.82, 2.24) is 9.38 Å². The molecule has 1 atom stereocenters. The van der Waals surface area contributed by atoms with Gasteiger partial charge in [-0.3, -0.25) is 0 Å². The molecule has 0 bridgehead atoms. The van der Waals surface area contributed by atoms with Crippen molar-refractivity contribution >= 4 is 5.65 Å². The summed E-state index contributed by atoms with van der Waals surface area (Å²) in [5.41, 5.74) is 4.48. The van der Waals surface area contributed by atoms with Gasteiger partial charge in [0.25, 0.3) is 0 Å². The first-order valence-electron chi connectivity index (χ1n) is 8.04. The van der Waals surface area contributed by atoms with Gasteiger partial charge in [-0.2, -0.15) is 0 Å². The number of ether oxygens (including phenoxy) is 1. The monoisotopic (exact) mass is 310 g/mol. The first-order valence-corrected chi connectivity index (χ1v) is 8.04. The SMILES string of the molecule is CCOc1ccccc1-c1nc2ccc(C)cn2c1C(O)CC. The summed E-state index contributed by atoms with van der Waals surface area (Å²) in [4.78, 5) is 4.76. The fourth-order valence-corrected chi connectivity index (χ4v) is 2.82. The zero-order valence-corrected chi connectivity index (χ0v) is 13.8. The van der Waals surface area contributed by atoms with Gasteiger partial charge in [-0.25, -0.2) is 4.98 Å². The van der Waals surface area contributed by atoms with Crippen LogP contribution in [0.25, 0.3) is 16.9 Å². The molecule has 0 amide bonds. The Kier molecular flexibility index (Phi) is 4.35. The second-order valence-corrected chi connectivity index (χ2v) is 5.63. The molecule has 0 fully saturated rings. The predicted molar refractivity (Wildman–Crippen MR) is 91.8 cm³/mol. The molecule has 0 spiro atoms. The van der Waals surface area contributed by atoms with Crippen LogP contribution in [-0.2, 0) is 0 Å². The summed E-state index contributed by atoms with van der Waals surface area (Å²) in [7, 11) is 0. The van der Waals surface area contributed by atoms with E-state index < -0.39 is 6.10 Å². The van der Waals surface area contributed by atoms with E-state index in [0.29, 0.717) is 13.0 Å². The third-order valence-corrected chi connectivity index (χ3v) is 3.95. The van der Waals surface area contributed by atoms with Gasteiger partial charge in [0.2, 0.25) is 0 Å². The van der Waals surface area contributed by atoms with Crippen LogP contribution in [0.15, 0.2) is 42.6 Å². The summed E-state index contributed by atoms with van der Waals surface area (Å²) in [6.45, 7) is 6.56. The standard InChI is InChI=1S/C19H22N2O2/c1-4-15(22)19-18(14-8-6-7-9-16(14)23-5-2)20-17-11-10-13(3)12-21(17)19/h6-12,15,22H,4-5H2,1-3H3. The summed E-state index contributed by atoms with van der Waals surface area (Å²) < 4.78 is 7.74. The Morgan fingerprint density at radius 1 is 1.17 bits per heavy atom. The second-order valence-electron chi connectivity index (χ2n) is 5.63. The van der Waals surface area contributed by atoms with Gasteiger partial charge in [0.15, 0.2) is 0 Å². The lowest BCUT2D eigenvalue weighted by atomic mass is 10.0. The Labute approximate surface area is 136 Å². The molecule has 2 heterocycles. The van der Waals surface area contributed by atoms with Gasteiger partial charge in [0, 0.05) is 11.8 Å². The quantitative estimate of drug-likeness (QED) is 0.770. The van der Waals surface area contributed by atoms with Gasteiger partial charge >= 0.3 is 0 Å². The number of hydrogen-bond donors (Lipinski definition) is 1. The number of fused-ring (bicyclic) bond motifs is 1. The maximum absolute atomic E-state index is 10.6. The number of rotatable bonds is 5. The Balaban J connectivity index is 2.29. The first-order chi connectivity index (χ1) is 11.2. The van der Waals surface area contributed by atoms with Gasteiger partial charge in [0.05, 0.1) is 24.1 Å². The molecule has 4 nitrogen and oxygen atoms in total. The molecule has 23 heavy (non-hydrogen) atoms. The van der Waals surface area contributed by atoms with E-state index in [1.807, 2.05) is 67.8 Å². The molecule has 120 valence electrons. The van der Waals surface area contributed by atoms with Gasteiger partial charge in [0.1, 0.15) is 11.4 Å². The van der Waals surface area contributed by atoms with E-state index in [1.165, 1.54) is 0 Å². The zero-order valence-electron chi connectivity index (χ0n) is 13.8. The minimum absolute atomic E-state index is 0.573. The molecule has 0 saturated carbocycles. The van der Waals surface area contributed by atoms with Crippen molar-refractivity contribution in [2.45, 2.75) is 33.3 Å². The number of hydrogen-bond acceptors (Lipinski definition) is 3. The van der Waals surface area contributed by atoms with Crippen molar-refractivity contribution in [2.24, 2.45) is 0 Å². The highest BCUT2D eigenvalue weighted by Crippen LogP contribution is 2.35. The number of nitrogens with zero attached hydrogens (tertiary/aromatic N) is 2. The van der Waals surface area contributed by atoms with E-state index in [0.717, 1.165) is 33.9 Å². The van der Waals surface area contributed by atoms with Crippen molar-refractivity contribution < 1.29 is 9.84 Å². The Bertz CT molecular complexity index is 823. The summed E-state index contributed by atoms with van der Waals surface area (Å²) >= 11 is 0. The Hall–Kier alpha value is -2.33. The van der Waals surface area contributed by atoms with Crippen LogP contribution in [0.3, 0.4) is 0 Å². The highest BCUT2D eigenvalue weighted by atomic mass is 16.5. The Morgan fingerprint density at radius 3 is 2.70 bits per heavy atom. The lowest BCUT2D eigenvalue weighted by Crippen LogP contribution is -2.03. The van der Waals surface area contributed by atoms with Crippen molar-refractivity contribution in [3.63, 3.8) is 0 Å². The average Bonchev–Trinajstić information content (AvgIpc) is 2.93. The van der Waals surface area contributed by atoms with Crippen molar-refractivity contribution in [2.75, 3.05) is 6.61 Å². The fourth-order valence-electron chi connectivity index (χ4n) is 2.82.